The number of hydrogen-bond donors (Lipinski definition) is 0. The van der Waals surface area contributed by atoms with E-state index in [1.54, 1.807) is 6.20 Å². The third-order valence-corrected chi connectivity index (χ3v) is 3.29. The maximum Gasteiger partial charge on any atom is 0.143 e. The Balaban J connectivity index is 1.98. The molecular formula is C12H18N2O. The number of imidazole rings is 1. The Bertz CT molecular complexity index is 337. The van der Waals surface area contributed by atoms with Crippen LogP contribution in [0.3, 0.4) is 0 Å². The number of ketones is 1. The Hall–Kier alpha value is -1.12. The molecule has 0 N–H and O–H groups in total. The molecule has 0 atom stereocenters. The van der Waals surface area contributed by atoms with Crippen LogP contribution in [0.1, 0.15) is 38.4 Å². The molecule has 2 rings (SSSR count). The summed E-state index contributed by atoms with van der Waals surface area (Å²) in [6.45, 7) is 2.97. The summed E-state index contributed by atoms with van der Waals surface area (Å²) >= 11 is 0. The average Bonchev–Trinajstić information content (AvgIpc) is 2.87. The third kappa shape index (κ3) is 2.28. The Kier molecular flexibility index (Phi) is 3.19. The van der Waals surface area contributed by atoms with Crippen molar-refractivity contribution in [1.82, 2.24) is 9.55 Å². The van der Waals surface area contributed by atoms with E-state index in [0.29, 0.717) is 18.1 Å². The molecule has 1 aliphatic carbocycles. The fourth-order valence-corrected chi connectivity index (χ4v) is 2.34. The molecule has 1 aromatic rings. The van der Waals surface area contributed by atoms with Crippen LogP contribution in [0.25, 0.3) is 0 Å². The summed E-state index contributed by atoms with van der Waals surface area (Å²) < 4.78 is 2.05. The highest BCUT2D eigenvalue weighted by atomic mass is 16.1. The van der Waals surface area contributed by atoms with Gasteiger partial charge in [0.1, 0.15) is 11.6 Å². The molecule has 1 heterocycles. The quantitative estimate of drug-likeness (QED) is 0.757. The van der Waals surface area contributed by atoms with E-state index >= 15 is 0 Å². The van der Waals surface area contributed by atoms with Crippen molar-refractivity contribution in [2.24, 2.45) is 5.92 Å². The van der Waals surface area contributed by atoms with Crippen molar-refractivity contribution in [2.75, 3.05) is 0 Å². The van der Waals surface area contributed by atoms with Crippen molar-refractivity contribution >= 4 is 5.78 Å². The molecule has 0 aromatic carbocycles. The van der Waals surface area contributed by atoms with Crippen LogP contribution in [0.5, 0.6) is 0 Å². The van der Waals surface area contributed by atoms with E-state index in [9.17, 15) is 4.79 Å². The minimum Gasteiger partial charge on any atom is -0.335 e. The monoisotopic (exact) mass is 206 g/mol. The lowest BCUT2D eigenvalue weighted by Gasteiger charge is -2.08. The SMILES string of the molecule is CCn1ccnc1CC(=O)C1CCCC1. The Labute approximate surface area is 90.5 Å². The number of Topliss-reactive ketones (excluding diaryl/α,β-unsaturated/α-hetero) is 1. The Morgan fingerprint density at radius 1 is 1.53 bits per heavy atom. The Morgan fingerprint density at radius 2 is 2.27 bits per heavy atom. The normalized spacial score (nSPS) is 17.1. The molecule has 0 aliphatic heterocycles. The Morgan fingerprint density at radius 3 is 2.93 bits per heavy atom. The lowest BCUT2D eigenvalue weighted by atomic mass is 10.00. The number of carbonyl (C=O) groups excluding carboxylic acids is 1. The van der Waals surface area contributed by atoms with Crippen molar-refractivity contribution in [2.45, 2.75) is 45.6 Å². The van der Waals surface area contributed by atoms with Crippen LogP contribution in [0.4, 0.5) is 0 Å². The maximum atomic E-state index is 11.9. The van der Waals surface area contributed by atoms with Crippen molar-refractivity contribution in [3.8, 4) is 0 Å². The molecule has 3 nitrogen and oxygen atoms in total. The van der Waals surface area contributed by atoms with Gasteiger partial charge >= 0.3 is 0 Å². The minimum absolute atomic E-state index is 0.312. The molecule has 15 heavy (non-hydrogen) atoms. The number of aromatic nitrogens is 2. The zero-order valence-electron chi connectivity index (χ0n) is 9.28. The zero-order valence-corrected chi connectivity index (χ0v) is 9.28. The summed E-state index contributed by atoms with van der Waals surface area (Å²) in [6.07, 6.45) is 8.86. The van der Waals surface area contributed by atoms with Crippen molar-refractivity contribution < 1.29 is 4.79 Å². The van der Waals surface area contributed by atoms with Crippen molar-refractivity contribution in [1.29, 1.82) is 0 Å². The number of rotatable bonds is 4. The molecule has 82 valence electrons. The molecule has 1 aromatic heterocycles. The van der Waals surface area contributed by atoms with Gasteiger partial charge in [-0.3, -0.25) is 4.79 Å². The highest BCUT2D eigenvalue weighted by Gasteiger charge is 2.23. The fraction of sp³-hybridized carbons (Fsp3) is 0.667. The van der Waals surface area contributed by atoms with Gasteiger partial charge in [-0.2, -0.15) is 0 Å². The second kappa shape index (κ2) is 4.60. The zero-order chi connectivity index (χ0) is 10.7. The molecule has 0 saturated heterocycles. The highest BCUT2D eigenvalue weighted by molar-refractivity contribution is 5.82. The molecule has 0 bridgehead atoms. The van der Waals surface area contributed by atoms with Crippen LogP contribution in [0, 0.1) is 5.92 Å². The fourth-order valence-electron chi connectivity index (χ4n) is 2.34. The second-order valence-corrected chi connectivity index (χ2v) is 4.25. The first kappa shape index (κ1) is 10.4. The largest absolute Gasteiger partial charge is 0.335 e. The predicted molar refractivity (Wildman–Crippen MR) is 58.6 cm³/mol. The summed E-state index contributed by atoms with van der Waals surface area (Å²) in [4.78, 5) is 16.2. The van der Waals surface area contributed by atoms with E-state index in [2.05, 4.69) is 11.9 Å². The van der Waals surface area contributed by atoms with Gasteiger partial charge in [0.25, 0.3) is 0 Å². The molecule has 1 saturated carbocycles. The van der Waals surface area contributed by atoms with Gasteiger partial charge in [0.15, 0.2) is 0 Å². The van der Waals surface area contributed by atoms with Gasteiger partial charge < -0.3 is 4.57 Å². The predicted octanol–water partition coefficient (Wildman–Crippen LogP) is 2.20. The van der Waals surface area contributed by atoms with Gasteiger partial charge in [-0.25, -0.2) is 4.98 Å². The van der Waals surface area contributed by atoms with Crippen LogP contribution < -0.4 is 0 Å². The van der Waals surface area contributed by atoms with Crippen molar-refractivity contribution in [3.63, 3.8) is 0 Å². The van der Waals surface area contributed by atoms with Gasteiger partial charge in [0.2, 0.25) is 0 Å². The average molecular weight is 206 g/mol. The summed E-state index contributed by atoms with van der Waals surface area (Å²) in [5.41, 5.74) is 0. The van der Waals surface area contributed by atoms with E-state index in [-0.39, 0.29) is 0 Å². The lowest BCUT2D eigenvalue weighted by molar-refractivity contribution is -0.122. The molecule has 0 spiro atoms. The highest BCUT2D eigenvalue weighted by Crippen LogP contribution is 2.26. The molecule has 3 heteroatoms. The summed E-state index contributed by atoms with van der Waals surface area (Å²) in [6, 6.07) is 0. The van der Waals surface area contributed by atoms with Gasteiger partial charge in [-0.05, 0) is 19.8 Å². The minimum atomic E-state index is 0.312. The molecule has 1 fully saturated rings. The second-order valence-electron chi connectivity index (χ2n) is 4.25. The first-order valence-corrected chi connectivity index (χ1v) is 5.84. The topological polar surface area (TPSA) is 34.9 Å². The van der Waals surface area contributed by atoms with Crippen LogP contribution in [-0.2, 0) is 17.8 Å². The molecule has 0 unspecified atom stereocenters. The van der Waals surface area contributed by atoms with Gasteiger partial charge in [0, 0.05) is 24.9 Å². The van der Waals surface area contributed by atoms with Crippen LogP contribution in [-0.4, -0.2) is 15.3 Å². The van der Waals surface area contributed by atoms with Gasteiger partial charge in [-0.15, -0.1) is 0 Å². The first-order valence-electron chi connectivity index (χ1n) is 5.84. The van der Waals surface area contributed by atoms with Crippen LogP contribution >= 0.6 is 0 Å². The number of carbonyl (C=O) groups is 1. The van der Waals surface area contributed by atoms with E-state index < -0.39 is 0 Å². The van der Waals surface area contributed by atoms with E-state index in [4.69, 9.17) is 0 Å². The molecule has 1 aliphatic rings. The van der Waals surface area contributed by atoms with Crippen LogP contribution in [0.15, 0.2) is 12.4 Å². The van der Waals surface area contributed by atoms with E-state index in [1.807, 2.05) is 10.8 Å². The third-order valence-electron chi connectivity index (χ3n) is 3.29. The molecular weight excluding hydrogens is 188 g/mol. The van der Waals surface area contributed by atoms with Gasteiger partial charge in [0.05, 0.1) is 6.42 Å². The standard InChI is InChI=1S/C12H18N2O/c1-2-14-8-7-13-12(14)9-11(15)10-5-3-4-6-10/h7-8,10H,2-6,9H2,1H3. The molecule has 0 radical (unpaired) electrons. The number of aryl methyl sites for hydroxylation is 1. The summed E-state index contributed by atoms with van der Waals surface area (Å²) in [5, 5.41) is 0. The lowest BCUT2D eigenvalue weighted by Crippen LogP contribution is -2.16. The number of nitrogens with zero attached hydrogens (tertiary/aromatic N) is 2. The van der Waals surface area contributed by atoms with Crippen LogP contribution in [0.2, 0.25) is 0 Å². The summed E-state index contributed by atoms with van der Waals surface area (Å²) in [5.74, 6) is 1.62. The number of hydrogen-bond acceptors (Lipinski definition) is 2. The first-order chi connectivity index (χ1) is 7.31. The maximum absolute atomic E-state index is 11.9. The van der Waals surface area contributed by atoms with E-state index in [1.165, 1.54) is 12.8 Å². The molecule has 0 amide bonds. The van der Waals surface area contributed by atoms with Crippen molar-refractivity contribution in [3.05, 3.63) is 18.2 Å². The smallest absolute Gasteiger partial charge is 0.143 e. The van der Waals surface area contributed by atoms with Gasteiger partial charge in [-0.1, -0.05) is 12.8 Å². The van der Waals surface area contributed by atoms with E-state index in [0.717, 1.165) is 25.2 Å². The summed E-state index contributed by atoms with van der Waals surface area (Å²) in [7, 11) is 0.